The van der Waals surface area contributed by atoms with E-state index in [4.69, 9.17) is 0 Å². The van der Waals surface area contributed by atoms with Crippen molar-refractivity contribution in [1.29, 1.82) is 0 Å². The summed E-state index contributed by atoms with van der Waals surface area (Å²) in [5.74, 6) is -0.0393. The number of carbonyl (C=O) groups excluding carboxylic acids is 1. The second-order valence-corrected chi connectivity index (χ2v) is 2.91. The highest BCUT2D eigenvalue weighted by Gasteiger charge is 2.02. The summed E-state index contributed by atoms with van der Waals surface area (Å²) in [6, 6.07) is 0. The van der Waals surface area contributed by atoms with Gasteiger partial charge in [-0.25, -0.2) is 0 Å². The zero-order chi connectivity index (χ0) is 10.4. The minimum absolute atomic E-state index is 0.0393. The molecule has 0 spiro atoms. The summed E-state index contributed by atoms with van der Waals surface area (Å²) in [4.78, 5) is 11.3. The maximum atomic E-state index is 11.3. The Hall–Kier alpha value is -1.36. The molecule has 0 saturated carbocycles. The zero-order valence-electron chi connectivity index (χ0n) is 8.58. The van der Waals surface area contributed by atoms with Gasteiger partial charge in [0.15, 0.2) is 0 Å². The smallest absolute Gasteiger partial charge is 0.238 e. The van der Waals surface area contributed by atoms with E-state index in [1.807, 2.05) is 20.0 Å². The van der Waals surface area contributed by atoms with Crippen LogP contribution in [0.3, 0.4) is 0 Å². The number of hydrogen-bond donors (Lipinski definition) is 2. The molecular weight excluding hydrogens is 180 g/mol. The van der Waals surface area contributed by atoms with E-state index in [1.165, 1.54) is 0 Å². The quantitative estimate of drug-likeness (QED) is 0.719. The fourth-order valence-corrected chi connectivity index (χ4v) is 1.04. The van der Waals surface area contributed by atoms with Gasteiger partial charge in [-0.2, -0.15) is 5.10 Å². The molecule has 0 aliphatic carbocycles. The lowest BCUT2D eigenvalue weighted by molar-refractivity contribution is -0.115. The van der Waals surface area contributed by atoms with Gasteiger partial charge in [-0.05, 0) is 13.5 Å². The highest BCUT2D eigenvalue weighted by molar-refractivity contribution is 5.91. The Morgan fingerprint density at radius 1 is 1.57 bits per heavy atom. The summed E-state index contributed by atoms with van der Waals surface area (Å²) in [7, 11) is 0. The van der Waals surface area contributed by atoms with Gasteiger partial charge in [0.05, 0.1) is 18.4 Å². The van der Waals surface area contributed by atoms with Crippen LogP contribution in [0.25, 0.3) is 0 Å². The number of hydrogen-bond acceptors (Lipinski definition) is 3. The first kappa shape index (κ1) is 10.7. The average molecular weight is 196 g/mol. The zero-order valence-corrected chi connectivity index (χ0v) is 8.58. The van der Waals surface area contributed by atoms with Crippen molar-refractivity contribution in [2.45, 2.75) is 20.4 Å². The molecule has 0 bridgehead atoms. The van der Waals surface area contributed by atoms with Crippen LogP contribution in [0.1, 0.15) is 13.8 Å². The Balaban J connectivity index is 2.39. The molecule has 0 fully saturated rings. The first-order chi connectivity index (χ1) is 6.76. The van der Waals surface area contributed by atoms with Crippen LogP contribution in [0.15, 0.2) is 12.4 Å². The molecule has 1 heterocycles. The van der Waals surface area contributed by atoms with E-state index in [-0.39, 0.29) is 5.91 Å². The first-order valence-electron chi connectivity index (χ1n) is 4.79. The van der Waals surface area contributed by atoms with Crippen molar-refractivity contribution in [3.05, 3.63) is 12.4 Å². The summed E-state index contributed by atoms with van der Waals surface area (Å²) in [6.07, 6.45) is 3.46. The largest absolute Gasteiger partial charge is 0.322 e. The lowest BCUT2D eigenvalue weighted by Gasteiger charge is -2.01. The molecule has 1 aromatic heterocycles. The Labute approximate surface area is 83.5 Å². The molecule has 5 heteroatoms. The molecule has 0 unspecified atom stereocenters. The van der Waals surface area contributed by atoms with Crippen LogP contribution in [0.5, 0.6) is 0 Å². The first-order valence-corrected chi connectivity index (χ1v) is 4.79. The van der Waals surface area contributed by atoms with Crippen LogP contribution in [-0.2, 0) is 11.3 Å². The molecule has 5 nitrogen and oxygen atoms in total. The monoisotopic (exact) mass is 196 g/mol. The third-order valence-corrected chi connectivity index (χ3v) is 1.78. The van der Waals surface area contributed by atoms with Crippen LogP contribution in [0.4, 0.5) is 5.69 Å². The lowest BCUT2D eigenvalue weighted by Crippen LogP contribution is -2.27. The summed E-state index contributed by atoms with van der Waals surface area (Å²) in [5.41, 5.74) is 0.745. The molecule has 0 saturated heterocycles. The number of likely N-dealkylation sites (N-methyl/N-ethyl adjacent to an activating group) is 1. The van der Waals surface area contributed by atoms with Crippen molar-refractivity contribution in [3.63, 3.8) is 0 Å². The SMILES string of the molecule is CCNCC(=O)Nc1cnn(CC)c1. The van der Waals surface area contributed by atoms with Gasteiger partial charge in [0.25, 0.3) is 0 Å². The average Bonchev–Trinajstić information content (AvgIpc) is 2.62. The van der Waals surface area contributed by atoms with Crippen LogP contribution < -0.4 is 10.6 Å². The van der Waals surface area contributed by atoms with Gasteiger partial charge < -0.3 is 10.6 Å². The molecule has 1 rings (SSSR count). The molecule has 0 aliphatic heterocycles. The van der Waals surface area contributed by atoms with Crippen molar-refractivity contribution < 1.29 is 4.79 Å². The van der Waals surface area contributed by atoms with E-state index >= 15 is 0 Å². The lowest BCUT2D eigenvalue weighted by atomic mass is 10.5. The van der Waals surface area contributed by atoms with E-state index in [9.17, 15) is 4.79 Å². The van der Waals surface area contributed by atoms with E-state index in [0.717, 1.165) is 18.8 Å². The van der Waals surface area contributed by atoms with Crippen LogP contribution in [0.2, 0.25) is 0 Å². The normalized spacial score (nSPS) is 10.1. The highest BCUT2D eigenvalue weighted by atomic mass is 16.1. The van der Waals surface area contributed by atoms with E-state index in [1.54, 1.807) is 10.9 Å². The topological polar surface area (TPSA) is 59.0 Å². The Morgan fingerprint density at radius 2 is 2.36 bits per heavy atom. The predicted octanol–water partition coefficient (Wildman–Crippen LogP) is 0.451. The van der Waals surface area contributed by atoms with Crippen molar-refractivity contribution >= 4 is 11.6 Å². The summed E-state index contributed by atoms with van der Waals surface area (Å²) >= 11 is 0. The minimum atomic E-state index is -0.0393. The predicted molar refractivity (Wildman–Crippen MR) is 55.1 cm³/mol. The number of rotatable bonds is 5. The summed E-state index contributed by atoms with van der Waals surface area (Å²) in [5, 5.41) is 9.75. The molecule has 78 valence electrons. The van der Waals surface area contributed by atoms with Gasteiger partial charge in [0.1, 0.15) is 0 Å². The Bertz CT molecular complexity index is 295. The van der Waals surface area contributed by atoms with Crippen LogP contribution >= 0.6 is 0 Å². The molecule has 1 aromatic rings. The number of nitrogens with zero attached hydrogens (tertiary/aromatic N) is 2. The van der Waals surface area contributed by atoms with Gasteiger partial charge in [-0.1, -0.05) is 6.92 Å². The van der Waals surface area contributed by atoms with Crippen molar-refractivity contribution in [2.75, 3.05) is 18.4 Å². The number of aryl methyl sites for hydroxylation is 1. The fourth-order valence-electron chi connectivity index (χ4n) is 1.04. The number of aromatic nitrogens is 2. The molecular formula is C9H16N4O. The molecule has 0 radical (unpaired) electrons. The van der Waals surface area contributed by atoms with Crippen LogP contribution in [0, 0.1) is 0 Å². The van der Waals surface area contributed by atoms with E-state index in [0.29, 0.717) is 6.54 Å². The van der Waals surface area contributed by atoms with Gasteiger partial charge in [-0.15, -0.1) is 0 Å². The Kier molecular flexibility index (Phi) is 4.12. The number of nitrogens with one attached hydrogen (secondary N) is 2. The van der Waals surface area contributed by atoms with E-state index < -0.39 is 0 Å². The molecule has 0 aliphatic rings. The van der Waals surface area contributed by atoms with Gasteiger partial charge in [-0.3, -0.25) is 9.48 Å². The van der Waals surface area contributed by atoms with Gasteiger partial charge >= 0.3 is 0 Å². The number of carbonyl (C=O) groups is 1. The third kappa shape index (κ3) is 3.18. The second kappa shape index (κ2) is 5.39. The van der Waals surface area contributed by atoms with Gasteiger partial charge in [0, 0.05) is 12.7 Å². The molecule has 0 atom stereocenters. The maximum absolute atomic E-state index is 11.3. The summed E-state index contributed by atoms with van der Waals surface area (Å²) in [6.45, 7) is 5.90. The molecule has 0 aromatic carbocycles. The van der Waals surface area contributed by atoms with Crippen LogP contribution in [-0.4, -0.2) is 28.8 Å². The molecule has 14 heavy (non-hydrogen) atoms. The van der Waals surface area contributed by atoms with Crippen molar-refractivity contribution in [2.24, 2.45) is 0 Å². The number of anilines is 1. The standard InChI is InChI=1S/C9H16N4O/c1-3-10-6-9(14)12-8-5-11-13(4-2)7-8/h5,7,10H,3-4,6H2,1-2H3,(H,12,14). The Morgan fingerprint density at radius 3 is 2.93 bits per heavy atom. The van der Waals surface area contributed by atoms with E-state index in [2.05, 4.69) is 15.7 Å². The highest BCUT2D eigenvalue weighted by Crippen LogP contribution is 2.03. The number of amides is 1. The fraction of sp³-hybridized carbons (Fsp3) is 0.556. The molecule has 2 N–H and O–H groups in total. The molecule has 1 amide bonds. The summed E-state index contributed by atoms with van der Waals surface area (Å²) < 4.78 is 1.77. The maximum Gasteiger partial charge on any atom is 0.238 e. The third-order valence-electron chi connectivity index (χ3n) is 1.78. The van der Waals surface area contributed by atoms with Crippen molar-refractivity contribution in [3.8, 4) is 0 Å². The van der Waals surface area contributed by atoms with Gasteiger partial charge in [0.2, 0.25) is 5.91 Å². The second-order valence-electron chi connectivity index (χ2n) is 2.91. The minimum Gasteiger partial charge on any atom is -0.322 e. The van der Waals surface area contributed by atoms with Crippen molar-refractivity contribution in [1.82, 2.24) is 15.1 Å².